The summed E-state index contributed by atoms with van der Waals surface area (Å²) in [7, 11) is -4.41. The molecule has 2 N–H and O–H groups in total. The molecule has 0 amide bonds. The van der Waals surface area contributed by atoms with Crippen LogP contribution < -0.4 is 0 Å². The van der Waals surface area contributed by atoms with E-state index in [2.05, 4.69) is 20.8 Å². The van der Waals surface area contributed by atoms with Crippen molar-refractivity contribution in [1.29, 1.82) is 0 Å². The minimum Gasteiger partial charge on any atom is -0.303 e. The van der Waals surface area contributed by atoms with Crippen molar-refractivity contribution in [2.45, 2.75) is 162 Å². The molecular formula is C26H55O4P. The van der Waals surface area contributed by atoms with Crippen molar-refractivity contribution in [1.82, 2.24) is 0 Å². The second kappa shape index (κ2) is 21.9. The molecule has 0 rings (SSSR count). The third-order valence-electron chi connectivity index (χ3n) is 6.59. The maximum absolute atomic E-state index is 11.4. The number of phosphoric acid groups is 1. The summed E-state index contributed by atoms with van der Waals surface area (Å²) < 4.78 is 16.6. The van der Waals surface area contributed by atoms with Gasteiger partial charge in [0.1, 0.15) is 0 Å². The molecule has 0 aliphatic carbocycles. The molecule has 0 radical (unpaired) electrons. The van der Waals surface area contributed by atoms with E-state index in [0.717, 1.165) is 44.9 Å². The van der Waals surface area contributed by atoms with E-state index in [1.165, 1.54) is 89.9 Å². The van der Waals surface area contributed by atoms with E-state index in [1.807, 2.05) is 0 Å². The average molecular weight is 463 g/mol. The van der Waals surface area contributed by atoms with Crippen molar-refractivity contribution in [3.05, 3.63) is 0 Å². The van der Waals surface area contributed by atoms with Crippen LogP contribution in [0.25, 0.3) is 0 Å². The fraction of sp³-hybridized carbons (Fsp3) is 1.00. The molecule has 0 heterocycles. The standard InChI is InChI=1S/C26H55O4P/c1-4-7-9-10-11-12-13-14-15-16-17-18-19-20-21-22-24-26(30-31(27,28)29)25(6-3)23-8-5-2/h25-26H,4-24H2,1-3H3,(H2,27,28,29). The molecule has 0 aromatic heterocycles. The number of rotatable bonds is 24. The van der Waals surface area contributed by atoms with Crippen LogP contribution in [-0.4, -0.2) is 15.9 Å². The van der Waals surface area contributed by atoms with Crippen molar-refractivity contribution >= 4 is 7.82 Å². The Morgan fingerprint density at radius 3 is 1.32 bits per heavy atom. The molecule has 0 aliphatic rings. The molecule has 5 heteroatoms. The van der Waals surface area contributed by atoms with E-state index in [-0.39, 0.29) is 12.0 Å². The van der Waals surface area contributed by atoms with Gasteiger partial charge in [-0.3, -0.25) is 4.52 Å². The first-order valence-corrected chi connectivity index (χ1v) is 15.2. The average Bonchev–Trinajstić information content (AvgIpc) is 2.72. The monoisotopic (exact) mass is 462 g/mol. The van der Waals surface area contributed by atoms with Gasteiger partial charge in [-0.05, 0) is 18.8 Å². The highest BCUT2D eigenvalue weighted by Crippen LogP contribution is 2.41. The Balaban J connectivity index is 3.69. The summed E-state index contributed by atoms with van der Waals surface area (Å²) in [5.41, 5.74) is 0. The molecule has 0 aromatic rings. The van der Waals surface area contributed by atoms with Crippen molar-refractivity contribution in [3.63, 3.8) is 0 Å². The minimum atomic E-state index is -4.41. The first-order chi connectivity index (χ1) is 14.9. The zero-order valence-corrected chi connectivity index (χ0v) is 22.1. The highest BCUT2D eigenvalue weighted by molar-refractivity contribution is 7.46. The van der Waals surface area contributed by atoms with Gasteiger partial charge in [0.15, 0.2) is 0 Å². The third kappa shape index (κ3) is 21.7. The normalized spacial score (nSPS) is 14.1. The lowest BCUT2D eigenvalue weighted by Crippen LogP contribution is -2.23. The highest BCUT2D eigenvalue weighted by atomic mass is 31.2. The molecule has 0 spiro atoms. The van der Waals surface area contributed by atoms with E-state index in [9.17, 15) is 14.4 Å². The van der Waals surface area contributed by atoms with Crippen molar-refractivity contribution in [2.24, 2.45) is 5.92 Å². The number of phosphoric ester groups is 1. The number of unbranched alkanes of at least 4 members (excludes halogenated alkanes) is 16. The van der Waals surface area contributed by atoms with Crippen LogP contribution in [0.3, 0.4) is 0 Å². The Kier molecular flexibility index (Phi) is 22.0. The molecule has 31 heavy (non-hydrogen) atoms. The van der Waals surface area contributed by atoms with Crippen molar-refractivity contribution in [3.8, 4) is 0 Å². The van der Waals surface area contributed by atoms with Gasteiger partial charge in [-0.1, -0.05) is 143 Å². The molecule has 0 saturated heterocycles. The lowest BCUT2D eigenvalue weighted by molar-refractivity contribution is 0.0727. The quantitative estimate of drug-likeness (QED) is 0.111. The predicted octanol–water partition coefficient (Wildman–Crippen LogP) is 9.33. The number of hydrogen-bond donors (Lipinski definition) is 2. The molecule has 0 saturated carbocycles. The van der Waals surface area contributed by atoms with Crippen LogP contribution in [0, 0.1) is 5.92 Å². The summed E-state index contributed by atoms with van der Waals surface area (Å²) in [6, 6.07) is 0. The van der Waals surface area contributed by atoms with E-state index >= 15 is 0 Å². The van der Waals surface area contributed by atoms with Gasteiger partial charge in [0.05, 0.1) is 6.10 Å². The Labute approximate surface area is 194 Å². The minimum absolute atomic E-state index is 0.254. The van der Waals surface area contributed by atoms with Crippen LogP contribution >= 0.6 is 7.82 Å². The van der Waals surface area contributed by atoms with Gasteiger partial charge < -0.3 is 9.79 Å². The van der Waals surface area contributed by atoms with Crippen LogP contribution in [0.2, 0.25) is 0 Å². The van der Waals surface area contributed by atoms with Gasteiger partial charge in [0, 0.05) is 0 Å². The Bertz CT molecular complexity index is 410. The highest BCUT2D eigenvalue weighted by Gasteiger charge is 2.27. The lowest BCUT2D eigenvalue weighted by atomic mass is 9.90. The molecule has 2 atom stereocenters. The number of hydrogen-bond acceptors (Lipinski definition) is 2. The lowest BCUT2D eigenvalue weighted by Gasteiger charge is -2.26. The molecular weight excluding hydrogens is 407 g/mol. The van der Waals surface area contributed by atoms with Crippen LogP contribution in [0.4, 0.5) is 0 Å². The molecule has 188 valence electrons. The van der Waals surface area contributed by atoms with Crippen molar-refractivity contribution in [2.75, 3.05) is 0 Å². The second-order valence-electron chi connectivity index (χ2n) is 9.54. The molecule has 4 nitrogen and oxygen atoms in total. The zero-order chi connectivity index (χ0) is 23.2. The van der Waals surface area contributed by atoms with E-state index in [1.54, 1.807) is 0 Å². The van der Waals surface area contributed by atoms with Crippen LogP contribution in [-0.2, 0) is 9.09 Å². The maximum Gasteiger partial charge on any atom is 0.469 e. The Hall–Kier alpha value is 0.110. The summed E-state index contributed by atoms with van der Waals surface area (Å²) in [5.74, 6) is 0.254. The summed E-state index contributed by atoms with van der Waals surface area (Å²) in [5, 5.41) is 0. The molecule has 0 bridgehead atoms. The van der Waals surface area contributed by atoms with Crippen LogP contribution in [0.1, 0.15) is 156 Å². The van der Waals surface area contributed by atoms with Gasteiger partial charge in [0.25, 0.3) is 0 Å². The van der Waals surface area contributed by atoms with Crippen molar-refractivity contribution < 1.29 is 18.9 Å². The fourth-order valence-electron chi connectivity index (χ4n) is 4.56. The Morgan fingerprint density at radius 1 is 0.581 bits per heavy atom. The third-order valence-corrected chi connectivity index (χ3v) is 7.14. The van der Waals surface area contributed by atoms with E-state index < -0.39 is 7.82 Å². The maximum atomic E-state index is 11.4. The first-order valence-electron chi connectivity index (χ1n) is 13.7. The van der Waals surface area contributed by atoms with Crippen LogP contribution in [0.5, 0.6) is 0 Å². The summed E-state index contributed by atoms with van der Waals surface area (Å²) in [4.78, 5) is 18.6. The predicted molar refractivity (Wildman–Crippen MR) is 134 cm³/mol. The fourth-order valence-corrected chi connectivity index (χ4v) is 5.19. The molecule has 0 aliphatic heterocycles. The topological polar surface area (TPSA) is 66.8 Å². The summed E-state index contributed by atoms with van der Waals surface area (Å²) in [6.07, 6.45) is 26.0. The van der Waals surface area contributed by atoms with Gasteiger partial charge in [-0.25, -0.2) is 4.57 Å². The second-order valence-corrected chi connectivity index (χ2v) is 10.7. The van der Waals surface area contributed by atoms with E-state index in [4.69, 9.17) is 4.52 Å². The van der Waals surface area contributed by atoms with Gasteiger partial charge in [-0.15, -0.1) is 0 Å². The van der Waals surface area contributed by atoms with E-state index in [0.29, 0.717) is 0 Å². The largest absolute Gasteiger partial charge is 0.469 e. The van der Waals surface area contributed by atoms with Gasteiger partial charge in [0.2, 0.25) is 0 Å². The van der Waals surface area contributed by atoms with Crippen LogP contribution in [0.15, 0.2) is 0 Å². The SMILES string of the molecule is CCCCCCCCCCCCCCCCCCC(OP(=O)(O)O)C(CC)CCCC. The first kappa shape index (κ1) is 31.1. The summed E-state index contributed by atoms with van der Waals surface area (Å²) >= 11 is 0. The van der Waals surface area contributed by atoms with Gasteiger partial charge >= 0.3 is 7.82 Å². The zero-order valence-electron chi connectivity index (χ0n) is 21.2. The molecule has 0 aromatic carbocycles. The smallest absolute Gasteiger partial charge is 0.303 e. The Morgan fingerprint density at radius 2 is 0.968 bits per heavy atom. The molecule has 0 fully saturated rings. The molecule has 2 unspecified atom stereocenters. The van der Waals surface area contributed by atoms with Gasteiger partial charge in [-0.2, -0.15) is 0 Å². The summed E-state index contributed by atoms with van der Waals surface area (Å²) in [6.45, 7) is 6.53.